The maximum Gasteiger partial charge on any atom is 0.277 e. The number of halogens is 1. The van der Waals surface area contributed by atoms with Crippen LogP contribution in [0, 0.1) is 0 Å². The Morgan fingerprint density at radius 1 is 1.35 bits per heavy atom. The van der Waals surface area contributed by atoms with Crippen molar-refractivity contribution in [2.45, 2.75) is 31.2 Å². The summed E-state index contributed by atoms with van der Waals surface area (Å²) in [6.45, 7) is 2.52. The molecule has 2 aliphatic heterocycles. The van der Waals surface area contributed by atoms with Crippen molar-refractivity contribution in [3.63, 3.8) is 0 Å². The molecule has 8 nitrogen and oxygen atoms in total. The fourth-order valence-corrected chi connectivity index (χ4v) is 3.19. The molecule has 0 spiro atoms. The molecule has 1 aromatic rings. The second kappa shape index (κ2) is 7.05. The van der Waals surface area contributed by atoms with E-state index in [0.717, 1.165) is 12.0 Å². The van der Waals surface area contributed by atoms with E-state index in [0.29, 0.717) is 23.9 Å². The second-order valence-corrected chi connectivity index (χ2v) is 6.64. The van der Waals surface area contributed by atoms with Gasteiger partial charge in [0, 0.05) is 24.4 Å². The number of hydrogen-bond acceptors (Lipinski definition) is 7. The molecule has 2 atom stereocenters. The van der Waals surface area contributed by atoms with Gasteiger partial charge in [-0.25, -0.2) is 4.99 Å². The number of nitrogens with two attached hydrogens (primary N) is 1. The minimum atomic E-state index is -1.57. The Hall–Kier alpha value is -2.45. The number of benzene rings is 1. The number of amides is 1. The summed E-state index contributed by atoms with van der Waals surface area (Å²) in [5.41, 5.74) is 7.06. The summed E-state index contributed by atoms with van der Waals surface area (Å²) in [5, 5.41) is 3.85. The molecule has 0 fully saturated rings. The third kappa shape index (κ3) is 3.42. The molecule has 4 N–H and O–H groups in total. The average molecular weight is 380 g/mol. The molecule has 9 heteroatoms. The first-order valence-corrected chi connectivity index (χ1v) is 8.60. The number of carbonyl (C=O) groups is 1. The van der Waals surface area contributed by atoms with Crippen molar-refractivity contribution in [2.75, 3.05) is 14.2 Å². The SMILES string of the molecule is CCC1C=NC2=C(N[C@@](N)(Cl)NC2=O)N1Cc1ccc(OC)cc1OC. The molecule has 3 rings (SSSR count). The number of nitrogens with one attached hydrogen (secondary N) is 2. The smallest absolute Gasteiger partial charge is 0.277 e. The zero-order chi connectivity index (χ0) is 18.9. The fraction of sp³-hybridized carbons (Fsp3) is 0.412. The second-order valence-electron chi connectivity index (χ2n) is 6.05. The zero-order valence-corrected chi connectivity index (χ0v) is 15.6. The van der Waals surface area contributed by atoms with Crippen LogP contribution in [0.4, 0.5) is 0 Å². The normalized spacial score (nSPS) is 24.7. The summed E-state index contributed by atoms with van der Waals surface area (Å²) in [6.07, 6.45) is 2.55. The molecule has 140 valence electrons. The van der Waals surface area contributed by atoms with E-state index < -0.39 is 11.2 Å². The van der Waals surface area contributed by atoms with Gasteiger partial charge in [0.15, 0.2) is 5.70 Å². The summed E-state index contributed by atoms with van der Waals surface area (Å²) in [5.74, 6) is 1.47. The number of ether oxygens (including phenoxy) is 2. The van der Waals surface area contributed by atoms with Crippen LogP contribution in [0.2, 0.25) is 0 Å². The van der Waals surface area contributed by atoms with Gasteiger partial charge in [0.1, 0.15) is 17.3 Å². The van der Waals surface area contributed by atoms with E-state index in [9.17, 15) is 4.79 Å². The summed E-state index contributed by atoms with van der Waals surface area (Å²) in [4.78, 5) is 18.6. The molecule has 0 radical (unpaired) electrons. The monoisotopic (exact) mass is 379 g/mol. The van der Waals surface area contributed by atoms with Crippen LogP contribution in [0.25, 0.3) is 0 Å². The highest BCUT2D eigenvalue weighted by atomic mass is 35.5. The van der Waals surface area contributed by atoms with E-state index in [2.05, 4.69) is 15.6 Å². The molecule has 0 saturated heterocycles. The van der Waals surface area contributed by atoms with Gasteiger partial charge >= 0.3 is 0 Å². The van der Waals surface area contributed by atoms with Crippen molar-refractivity contribution in [3.8, 4) is 11.5 Å². The van der Waals surface area contributed by atoms with Gasteiger partial charge < -0.3 is 25.0 Å². The third-order valence-corrected chi connectivity index (χ3v) is 4.54. The maximum atomic E-state index is 12.3. The van der Waals surface area contributed by atoms with E-state index in [4.69, 9.17) is 26.8 Å². The average Bonchev–Trinajstić information content (AvgIpc) is 2.61. The molecule has 2 heterocycles. The van der Waals surface area contributed by atoms with Crippen LogP contribution in [-0.2, 0) is 11.3 Å². The molecule has 1 aromatic carbocycles. The standard InChI is InChI=1S/C17H22ClN5O3/c1-4-11-8-20-14-15(21-17(18,19)22-16(14)24)23(11)9-10-5-6-12(25-2)7-13(10)26-3/h5-8,11,21H,4,9,19H2,1-3H3,(H,22,24)/t11?,17-/m0/s1. The number of rotatable bonds is 5. The molecule has 0 saturated carbocycles. The van der Waals surface area contributed by atoms with E-state index in [1.807, 2.05) is 30.0 Å². The predicted octanol–water partition coefficient (Wildman–Crippen LogP) is 1.07. The maximum absolute atomic E-state index is 12.3. The Labute approximate surface area is 157 Å². The largest absolute Gasteiger partial charge is 0.497 e. The van der Waals surface area contributed by atoms with Crippen LogP contribution in [0.15, 0.2) is 34.7 Å². The minimum absolute atomic E-state index is 0.0218. The first-order chi connectivity index (χ1) is 12.4. The molecule has 1 unspecified atom stereocenters. The van der Waals surface area contributed by atoms with E-state index in [1.165, 1.54) is 0 Å². The molecule has 2 aliphatic rings. The highest BCUT2D eigenvalue weighted by molar-refractivity contribution is 6.25. The Bertz CT molecular complexity index is 778. The van der Waals surface area contributed by atoms with Crippen molar-refractivity contribution in [3.05, 3.63) is 35.3 Å². The van der Waals surface area contributed by atoms with Gasteiger partial charge in [-0.1, -0.05) is 18.5 Å². The summed E-state index contributed by atoms with van der Waals surface area (Å²) in [7, 11) is 3.21. The topological polar surface area (TPSA) is 101 Å². The number of hydrogen-bond donors (Lipinski definition) is 3. The fourth-order valence-electron chi connectivity index (χ4n) is 3.02. The Morgan fingerprint density at radius 2 is 2.12 bits per heavy atom. The lowest BCUT2D eigenvalue weighted by Gasteiger charge is -2.42. The Kier molecular flexibility index (Phi) is 4.97. The van der Waals surface area contributed by atoms with Gasteiger partial charge in [0.25, 0.3) is 5.91 Å². The van der Waals surface area contributed by atoms with Crippen LogP contribution >= 0.6 is 11.6 Å². The molecule has 1 amide bonds. The van der Waals surface area contributed by atoms with Crippen molar-refractivity contribution in [1.82, 2.24) is 15.5 Å². The molecule has 0 aliphatic carbocycles. The molecule has 0 bridgehead atoms. The number of carbonyl (C=O) groups excluding carboxylic acids is 1. The molecule has 26 heavy (non-hydrogen) atoms. The van der Waals surface area contributed by atoms with Crippen molar-refractivity contribution < 1.29 is 14.3 Å². The van der Waals surface area contributed by atoms with Crippen LogP contribution in [0.5, 0.6) is 11.5 Å². The highest BCUT2D eigenvalue weighted by Crippen LogP contribution is 2.31. The summed E-state index contributed by atoms with van der Waals surface area (Å²) in [6, 6.07) is 5.59. The van der Waals surface area contributed by atoms with Crippen molar-refractivity contribution in [1.29, 1.82) is 0 Å². The molecular formula is C17H22ClN5O3. The number of methoxy groups -OCH3 is 2. The van der Waals surface area contributed by atoms with Crippen LogP contribution in [0.3, 0.4) is 0 Å². The van der Waals surface area contributed by atoms with Crippen molar-refractivity contribution >= 4 is 23.7 Å². The quantitative estimate of drug-likeness (QED) is 0.522. The third-order valence-electron chi connectivity index (χ3n) is 4.35. The lowest BCUT2D eigenvalue weighted by atomic mass is 10.1. The Balaban J connectivity index is 1.99. The van der Waals surface area contributed by atoms with Gasteiger partial charge in [-0.15, -0.1) is 0 Å². The number of aliphatic imine (C=N–C) groups is 1. The van der Waals surface area contributed by atoms with Crippen LogP contribution in [-0.4, -0.2) is 42.5 Å². The van der Waals surface area contributed by atoms with Gasteiger partial charge in [0.05, 0.1) is 20.3 Å². The van der Waals surface area contributed by atoms with Crippen LogP contribution < -0.4 is 25.8 Å². The van der Waals surface area contributed by atoms with Gasteiger partial charge in [-0.3, -0.25) is 10.5 Å². The van der Waals surface area contributed by atoms with E-state index in [-0.39, 0.29) is 11.7 Å². The number of nitrogens with zero attached hydrogens (tertiary/aromatic N) is 2. The summed E-state index contributed by atoms with van der Waals surface area (Å²) < 4.78 is 10.7. The van der Waals surface area contributed by atoms with Crippen molar-refractivity contribution in [2.24, 2.45) is 10.7 Å². The predicted molar refractivity (Wildman–Crippen MR) is 98.7 cm³/mol. The van der Waals surface area contributed by atoms with E-state index in [1.54, 1.807) is 20.4 Å². The first kappa shape index (κ1) is 18.3. The highest BCUT2D eigenvalue weighted by Gasteiger charge is 2.39. The van der Waals surface area contributed by atoms with Crippen LogP contribution in [0.1, 0.15) is 18.9 Å². The van der Waals surface area contributed by atoms with E-state index >= 15 is 0 Å². The summed E-state index contributed by atoms with van der Waals surface area (Å²) >= 11 is 6.12. The lowest BCUT2D eigenvalue weighted by molar-refractivity contribution is -0.119. The lowest BCUT2D eigenvalue weighted by Crippen LogP contribution is -2.67. The minimum Gasteiger partial charge on any atom is -0.497 e. The first-order valence-electron chi connectivity index (χ1n) is 8.23. The number of alkyl halides is 1. The Morgan fingerprint density at radius 3 is 2.77 bits per heavy atom. The molecule has 0 aromatic heterocycles. The van der Waals surface area contributed by atoms with Gasteiger partial charge in [-0.05, 0) is 18.6 Å². The molecular weight excluding hydrogens is 358 g/mol. The van der Waals surface area contributed by atoms with Gasteiger partial charge in [-0.2, -0.15) is 0 Å². The van der Waals surface area contributed by atoms with Gasteiger partial charge in [0.2, 0.25) is 5.25 Å². The zero-order valence-electron chi connectivity index (χ0n) is 14.9.